The van der Waals surface area contributed by atoms with Gasteiger partial charge in [-0.15, -0.1) is 11.6 Å². The smallest absolute Gasteiger partial charge is 0.119 e. The number of alkyl halides is 1. The first-order chi connectivity index (χ1) is 8.38. The number of rotatable bonds is 5. The molecule has 0 radical (unpaired) electrons. The van der Waals surface area contributed by atoms with E-state index in [4.69, 9.17) is 21.1 Å². The summed E-state index contributed by atoms with van der Waals surface area (Å²) in [6.07, 6.45) is 1.20. The first-order valence-electron chi connectivity index (χ1n) is 5.98. The molecule has 1 aliphatic rings. The fraction of sp³-hybridized carbons (Fsp3) is 0.538. The molecule has 0 spiro atoms. The average molecular weight is 256 g/mol. The molecular weight excluding hydrogens is 238 g/mol. The molecule has 94 valence electrons. The van der Waals surface area contributed by atoms with Crippen molar-refractivity contribution in [2.75, 3.05) is 26.3 Å². The molecule has 1 aliphatic heterocycles. The Hall–Kier alpha value is -0.770. The van der Waals surface area contributed by atoms with Gasteiger partial charge in [0.15, 0.2) is 0 Å². The lowest BCUT2D eigenvalue weighted by Gasteiger charge is -2.23. The Morgan fingerprint density at radius 1 is 1.35 bits per heavy atom. The molecule has 1 atom stereocenters. The van der Waals surface area contributed by atoms with Crippen molar-refractivity contribution in [2.45, 2.75) is 18.4 Å². The van der Waals surface area contributed by atoms with Crippen molar-refractivity contribution in [3.8, 4) is 5.75 Å². The van der Waals surface area contributed by atoms with E-state index in [1.807, 2.05) is 24.3 Å². The van der Waals surface area contributed by atoms with Crippen molar-refractivity contribution in [2.24, 2.45) is 0 Å². The second-order valence-corrected chi connectivity index (χ2v) is 4.38. The van der Waals surface area contributed by atoms with Gasteiger partial charge in [-0.25, -0.2) is 0 Å². The molecule has 1 aromatic rings. The number of halogens is 1. The van der Waals surface area contributed by atoms with Gasteiger partial charge in [-0.3, -0.25) is 0 Å². The number of hydrogen-bond acceptors (Lipinski definition) is 3. The molecule has 4 heteroatoms. The van der Waals surface area contributed by atoms with Gasteiger partial charge >= 0.3 is 0 Å². The Bertz CT molecular complexity index is 323. The van der Waals surface area contributed by atoms with E-state index < -0.39 is 0 Å². The van der Waals surface area contributed by atoms with Crippen LogP contribution in [0.3, 0.4) is 0 Å². The SMILES string of the molecule is ClCc1ccc(OCCC2CNCCO2)cc1. The second-order valence-electron chi connectivity index (χ2n) is 4.11. The molecule has 17 heavy (non-hydrogen) atoms. The lowest BCUT2D eigenvalue weighted by atomic mass is 10.2. The van der Waals surface area contributed by atoms with Gasteiger partial charge in [0.1, 0.15) is 5.75 Å². The molecule has 1 unspecified atom stereocenters. The number of morpholine rings is 1. The van der Waals surface area contributed by atoms with Crippen molar-refractivity contribution in [1.82, 2.24) is 5.32 Å². The molecule has 1 N–H and O–H groups in total. The third kappa shape index (κ3) is 4.19. The minimum atomic E-state index is 0.283. The zero-order valence-electron chi connectivity index (χ0n) is 9.82. The molecule has 1 aromatic carbocycles. The van der Waals surface area contributed by atoms with Crippen LogP contribution < -0.4 is 10.1 Å². The molecule has 3 nitrogen and oxygen atoms in total. The second kappa shape index (κ2) is 6.84. The van der Waals surface area contributed by atoms with Crippen LogP contribution in [0.15, 0.2) is 24.3 Å². The summed E-state index contributed by atoms with van der Waals surface area (Å²) in [6, 6.07) is 7.89. The number of benzene rings is 1. The quantitative estimate of drug-likeness (QED) is 0.819. The van der Waals surface area contributed by atoms with Gasteiger partial charge in [0.2, 0.25) is 0 Å². The lowest BCUT2D eigenvalue weighted by Crippen LogP contribution is -2.39. The fourth-order valence-corrected chi connectivity index (χ4v) is 1.97. The van der Waals surface area contributed by atoms with Gasteiger partial charge in [0, 0.05) is 25.4 Å². The minimum Gasteiger partial charge on any atom is -0.493 e. The van der Waals surface area contributed by atoms with Crippen LogP contribution in [0, 0.1) is 0 Å². The van der Waals surface area contributed by atoms with Gasteiger partial charge in [0.25, 0.3) is 0 Å². The highest BCUT2D eigenvalue weighted by Crippen LogP contribution is 2.14. The van der Waals surface area contributed by atoms with Crippen LogP contribution in [0.1, 0.15) is 12.0 Å². The van der Waals surface area contributed by atoms with Crippen LogP contribution in [-0.2, 0) is 10.6 Å². The topological polar surface area (TPSA) is 30.5 Å². The van der Waals surface area contributed by atoms with Gasteiger partial charge in [-0.2, -0.15) is 0 Å². The Balaban J connectivity index is 1.69. The summed E-state index contributed by atoms with van der Waals surface area (Å²) in [4.78, 5) is 0. The van der Waals surface area contributed by atoms with Crippen LogP contribution >= 0.6 is 11.6 Å². The zero-order valence-corrected chi connectivity index (χ0v) is 10.6. The van der Waals surface area contributed by atoms with E-state index in [0.29, 0.717) is 12.5 Å². The van der Waals surface area contributed by atoms with E-state index in [9.17, 15) is 0 Å². The van der Waals surface area contributed by atoms with Gasteiger partial charge in [-0.05, 0) is 17.7 Å². The van der Waals surface area contributed by atoms with Crippen LogP contribution in [0.4, 0.5) is 0 Å². The Morgan fingerprint density at radius 3 is 2.82 bits per heavy atom. The van der Waals surface area contributed by atoms with Crippen molar-refractivity contribution < 1.29 is 9.47 Å². The van der Waals surface area contributed by atoms with E-state index in [1.54, 1.807) is 0 Å². The van der Waals surface area contributed by atoms with E-state index >= 15 is 0 Å². The summed E-state index contributed by atoms with van der Waals surface area (Å²) in [5, 5.41) is 3.30. The Kier molecular flexibility index (Phi) is 5.10. The largest absolute Gasteiger partial charge is 0.493 e. The molecule has 1 heterocycles. The van der Waals surface area contributed by atoms with Crippen molar-refractivity contribution in [3.05, 3.63) is 29.8 Å². The molecule has 0 saturated carbocycles. The normalized spacial score (nSPS) is 20.2. The molecular formula is C13H18ClNO2. The third-order valence-electron chi connectivity index (χ3n) is 2.79. The summed E-state index contributed by atoms with van der Waals surface area (Å²) in [7, 11) is 0. The van der Waals surface area contributed by atoms with Crippen molar-refractivity contribution >= 4 is 11.6 Å². The van der Waals surface area contributed by atoms with E-state index in [2.05, 4.69) is 5.32 Å². The van der Waals surface area contributed by atoms with Crippen molar-refractivity contribution in [1.29, 1.82) is 0 Å². The third-order valence-corrected chi connectivity index (χ3v) is 3.10. The summed E-state index contributed by atoms with van der Waals surface area (Å²) in [6.45, 7) is 3.37. The first kappa shape index (κ1) is 12.7. The number of hydrogen-bond donors (Lipinski definition) is 1. The maximum absolute atomic E-state index is 5.72. The maximum atomic E-state index is 5.72. The predicted molar refractivity (Wildman–Crippen MR) is 68.7 cm³/mol. The summed E-state index contributed by atoms with van der Waals surface area (Å²) in [5.74, 6) is 1.43. The number of nitrogens with one attached hydrogen (secondary N) is 1. The van der Waals surface area contributed by atoms with Crippen molar-refractivity contribution in [3.63, 3.8) is 0 Å². The highest BCUT2D eigenvalue weighted by Gasteiger charge is 2.12. The predicted octanol–water partition coefficient (Wildman–Crippen LogP) is 2.18. The van der Waals surface area contributed by atoms with Crippen LogP contribution in [0.2, 0.25) is 0 Å². The number of ether oxygens (including phenoxy) is 2. The molecule has 0 amide bonds. The summed E-state index contributed by atoms with van der Waals surface area (Å²) < 4.78 is 11.2. The summed E-state index contributed by atoms with van der Waals surface area (Å²) in [5.41, 5.74) is 1.11. The highest BCUT2D eigenvalue weighted by atomic mass is 35.5. The minimum absolute atomic E-state index is 0.283. The lowest BCUT2D eigenvalue weighted by molar-refractivity contribution is 0.0159. The van der Waals surface area contributed by atoms with Crippen LogP contribution in [0.25, 0.3) is 0 Å². The molecule has 1 saturated heterocycles. The van der Waals surface area contributed by atoms with Crippen LogP contribution in [-0.4, -0.2) is 32.4 Å². The molecule has 0 bridgehead atoms. The molecule has 1 fully saturated rings. The highest BCUT2D eigenvalue weighted by molar-refractivity contribution is 6.17. The zero-order chi connectivity index (χ0) is 11.9. The maximum Gasteiger partial charge on any atom is 0.119 e. The van der Waals surface area contributed by atoms with Gasteiger partial charge in [-0.1, -0.05) is 12.1 Å². The van der Waals surface area contributed by atoms with Gasteiger partial charge in [0.05, 0.1) is 19.3 Å². The average Bonchev–Trinajstić information content (AvgIpc) is 2.41. The standard InChI is InChI=1S/C13H18ClNO2/c14-9-11-1-3-12(4-2-11)16-7-5-13-10-15-6-8-17-13/h1-4,13,15H,5-10H2. The Morgan fingerprint density at radius 2 is 2.18 bits per heavy atom. The van der Waals surface area contributed by atoms with E-state index in [-0.39, 0.29) is 6.10 Å². The monoisotopic (exact) mass is 255 g/mol. The molecule has 2 rings (SSSR count). The summed E-state index contributed by atoms with van der Waals surface area (Å²) >= 11 is 5.72. The van der Waals surface area contributed by atoms with Crippen LogP contribution in [0.5, 0.6) is 5.75 Å². The molecule has 0 aliphatic carbocycles. The Labute approximate surface area is 107 Å². The molecule has 0 aromatic heterocycles. The van der Waals surface area contributed by atoms with E-state index in [0.717, 1.165) is 37.4 Å². The first-order valence-corrected chi connectivity index (χ1v) is 6.52. The fourth-order valence-electron chi connectivity index (χ4n) is 1.79. The van der Waals surface area contributed by atoms with E-state index in [1.165, 1.54) is 0 Å². The van der Waals surface area contributed by atoms with Gasteiger partial charge < -0.3 is 14.8 Å².